The number of H-pyrrole nitrogens is 1. The van der Waals surface area contributed by atoms with E-state index < -0.39 is 0 Å². The molecule has 0 unspecified atom stereocenters. The lowest BCUT2D eigenvalue weighted by molar-refractivity contribution is 0.184. The molecule has 1 aliphatic carbocycles. The first-order valence-electron chi connectivity index (χ1n) is 9.95. The number of aryl methyl sites for hydroxylation is 1. The minimum absolute atomic E-state index is 0.135. The van der Waals surface area contributed by atoms with Crippen LogP contribution in [0.4, 0.5) is 10.5 Å². The Morgan fingerprint density at radius 2 is 1.86 bits per heavy atom. The highest BCUT2D eigenvalue weighted by atomic mass is 35.5. The molecule has 2 N–H and O–H groups in total. The Hall–Kier alpha value is -2.79. The molecule has 29 heavy (non-hydrogen) atoms. The molecule has 150 valence electrons. The van der Waals surface area contributed by atoms with Crippen molar-refractivity contribution in [3.63, 3.8) is 0 Å². The first-order valence-corrected chi connectivity index (χ1v) is 10.3. The molecule has 4 rings (SSSR count). The van der Waals surface area contributed by atoms with Crippen molar-refractivity contribution in [2.24, 2.45) is 0 Å². The predicted octanol–water partition coefficient (Wildman–Crippen LogP) is 5.47. The van der Waals surface area contributed by atoms with Crippen molar-refractivity contribution in [2.75, 3.05) is 5.32 Å². The van der Waals surface area contributed by atoms with Crippen molar-refractivity contribution >= 4 is 34.2 Å². The third-order valence-electron chi connectivity index (χ3n) is 5.54. The molecule has 1 aliphatic rings. The second-order valence-electron chi connectivity index (χ2n) is 7.72. The van der Waals surface area contributed by atoms with E-state index in [4.69, 9.17) is 11.6 Å². The summed E-state index contributed by atoms with van der Waals surface area (Å²) in [5.74, 6) is 0. The molecule has 0 spiro atoms. The molecule has 2 aromatic carbocycles. The highest BCUT2D eigenvalue weighted by Gasteiger charge is 2.27. The van der Waals surface area contributed by atoms with Gasteiger partial charge in [0.25, 0.3) is 5.56 Å². The Kier molecular flexibility index (Phi) is 5.58. The van der Waals surface area contributed by atoms with Gasteiger partial charge in [-0.25, -0.2) is 4.79 Å². The number of amides is 2. The molecule has 6 heteroatoms. The maximum atomic E-state index is 13.1. The van der Waals surface area contributed by atoms with Crippen molar-refractivity contribution in [2.45, 2.75) is 45.2 Å². The van der Waals surface area contributed by atoms with Gasteiger partial charge in [0, 0.05) is 27.8 Å². The summed E-state index contributed by atoms with van der Waals surface area (Å²) in [6.07, 6.45) is 4.11. The maximum absolute atomic E-state index is 13.1. The monoisotopic (exact) mass is 409 g/mol. The molecule has 2 amide bonds. The van der Waals surface area contributed by atoms with Crippen LogP contribution in [0, 0.1) is 6.92 Å². The van der Waals surface area contributed by atoms with Gasteiger partial charge in [-0.15, -0.1) is 0 Å². The van der Waals surface area contributed by atoms with Gasteiger partial charge in [-0.05, 0) is 67.1 Å². The Morgan fingerprint density at radius 3 is 2.59 bits per heavy atom. The third-order valence-corrected chi connectivity index (χ3v) is 5.79. The Balaban J connectivity index is 1.62. The molecular weight excluding hydrogens is 386 g/mol. The van der Waals surface area contributed by atoms with E-state index in [0.717, 1.165) is 42.1 Å². The highest BCUT2D eigenvalue weighted by molar-refractivity contribution is 6.30. The van der Waals surface area contributed by atoms with Crippen LogP contribution in [-0.2, 0) is 6.54 Å². The molecule has 3 aromatic rings. The van der Waals surface area contributed by atoms with Gasteiger partial charge >= 0.3 is 6.03 Å². The third kappa shape index (κ3) is 4.46. The standard InChI is InChI=1S/C23H24ClN3O2/c1-15-6-7-16-13-17(22(28)26-21(16)12-15)14-27(20-4-2-3-5-20)23(29)25-19-10-8-18(24)9-11-19/h6-13,20H,2-5,14H2,1H3,(H,25,29)(H,26,28). The lowest BCUT2D eigenvalue weighted by Crippen LogP contribution is -2.42. The molecule has 1 saturated carbocycles. The molecule has 0 atom stereocenters. The van der Waals surface area contributed by atoms with Crippen LogP contribution in [0.25, 0.3) is 10.9 Å². The van der Waals surface area contributed by atoms with Crippen LogP contribution in [-0.4, -0.2) is 22.0 Å². The number of nitrogens with one attached hydrogen (secondary N) is 2. The smallest absolute Gasteiger partial charge is 0.322 e. The van der Waals surface area contributed by atoms with E-state index in [-0.39, 0.29) is 24.2 Å². The minimum Gasteiger partial charge on any atom is -0.322 e. The number of pyridine rings is 1. The van der Waals surface area contributed by atoms with Crippen molar-refractivity contribution < 1.29 is 4.79 Å². The van der Waals surface area contributed by atoms with Crippen LogP contribution >= 0.6 is 11.6 Å². The molecular formula is C23H24ClN3O2. The Labute approximate surface area is 174 Å². The zero-order chi connectivity index (χ0) is 20.4. The van der Waals surface area contributed by atoms with Crippen LogP contribution in [0.15, 0.2) is 53.3 Å². The Bertz CT molecular complexity index is 1090. The SMILES string of the molecule is Cc1ccc2cc(CN(C(=O)Nc3ccc(Cl)cc3)C3CCCC3)c(=O)[nH]c2c1. The summed E-state index contributed by atoms with van der Waals surface area (Å²) in [5.41, 5.74) is 3.04. The summed E-state index contributed by atoms with van der Waals surface area (Å²) in [7, 11) is 0. The summed E-state index contributed by atoms with van der Waals surface area (Å²) in [4.78, 5) is 30.5. The number of hydrogen-bond donors (Lipinski definition) is 2. The summed E-state index contributed by atoms with van der Waals surface area (Å²) >= 11 is 5.94. The van der Waals surface area contributed by atoms with Crippen molar-refractivity contribution in [3.05, 3.63) is 75.0 Å². The van der Waals surface area contributed by atoms with Gasteiger partial charge < -0.3 is 15.2 Å². The number of nitrogens with zero attached hydrogens (tertiary/aromatic N) is 1. The van der Waals surface area contributed by atoms with Crippen LogP contribution in [0.5, 0.6) is 0 Å². The van der Waals surface area contributed by atoms with E-state index in [0.29, 0.717) is 16.3 Å². The first kappa shape index (κ1) is 19.5. The molecule has 1 aromatic heterocycles. The molecule has 0 bridgehead atoms. The van der Waals surface area contributed by atoms with Crippen LogP contribution in [0.3, 0.4) is 0 Å². The van der Waals surface area contributed by atoms with E-state index in [1.165, 1.54) is 0 Å². The summed E-state index contributed by atoms with van der Waals surface area (Å²) in [5, 5.41) is 4.53. The van der Waals surface area contributed by atoms with E-state index in [1.807, 2.05) is 31.2 Å². The van der Waals surface area contributed by atoms with Gasteiger partial charge in [-0.1, -0.05) is 36.6 Å². The van der Waals surface area contributed by atoms with Gasteiger partial charge in [-0.2, -0.15) is 0 Å². The fourth-order valence-electron chi connectivity index (χ4n) is 3.97. The lowest BCUT2D eigenvalue weighted by Gasteiger charge is -2.29. The molecule has 0 radical (unpaired) electrons. The highest BCUT2D eigenvalue weighted by Crippen LogP contribution is 2.26. The van der Waals surface area contributed by atoms with Crippen molar-refractivity contribution in [1.82, 2.24) is 9.88 Å². The number of halogens is 1. The molecule has 1 fully saturated rings. The van der Waals surface area contributed by atoms with Crippen LogP contribution in [0.2, 0.25) is 5.02 Å². The predicted molar refractivity (Wildman–Crippen MR) is 118 cm³/mol. The van der Waals surface area contributed by atoms with Gasteiger partial charge in [0.1, 0.15) is 0 Å². The molecule has 5 nitrogen and oxygen atoms in total. The molecule has 0 aliphatic heterocycles. The summed E-state index contributed by atoms with van der Waals surface area (Å²) < 4.78 is 0. The van der Waals surface area contributed by atoms with Gasteiger partial charge in [0.2, 0.25) is 0 Å². The largest absolute Gasteiger partial charge is 0.322 e. The fourth-order valence-corrected chi connectivity index (χ4v) is 4.10. The van der Waals surface area contributed by atoms with Gasteiger partial charge in [-0.3, -0.25) is 4.79 Å². The normalized spacial score (nSPS) is 14.3. The average Bonchev–Trinajstić information content (AvgIpc) is 3.22. The number of hydrogen-bond acceptors (Lipinski definition) is 2. The number of carbonyl (C=O) groups is 1. The number of aromatic amines is 1. The molecule has 1 heterocycles. The van der Waals surface area contributed by atoms with Gasteiger partial charge in [0.15, 0.2) is 0 Å². The lowest BCUT2D eigenvalue weighted by atomic mass is 10.1. The van der Waals surface area contributed by atoms with E-state index in [1.54, 1.807) is 29.2 Å². The number of anilines is 1. The number of rotatable bonds is 4. The summed E-state index contributed by atoms with van der Waals surface area (Å²) in [6.45, 7) is 2.28. The van der Waals surface area contributed by atoms with E-state index >= 15 is 0 Å². The van der Waals surface area contributed by atoms with Crippen LogP contribution < -0.4 is 10.9 Å². The second kappa shape index (κ2) is 8.29. The fraction of sp³-hybridized carbons (Fsp3) is 0.304. The van der Waals surface area contributed by atoms with Crippen LogP contribution in [0.1, 0.15) is 36.8 Å². The number of fused-ring (bicyclic) bond motifs is 1. The zero-order valence-corrected chi connectivity index (χ0v) is 17.1. The number of urea groups is 1. The minimum atomic E-state index is -0.192. The number of carbonyl (C=O) groups excluding carboxylic acids is 1. The summed E-state index contributed by atoms with van der Waals surface area (Å²) in [6, 6.07) is 14.9. The van der Waals surface area contributed by atoms with Gasteiger partial charge in [0.05, 0.1) is 6.54 Å². The molecule has 0 saturated heterocycles. The second-order valence-corrected chi connectivity index (χ2v) is 8.15. The topological polar surface area (TPSA) is 65.2 Å². The van der Waals surface area contributed by atoms with Crippen molar-refractivity contribution in [3.8, 4) is 0 Å². The average molecular weight is 410 g/mol. The van der Waals surface area contributed by atoms with E-state index in [9.17, 15) is 9.59 Å². The number of benzene rings is 2. The zero-order valence-electron chi connectivity index (χ0n) is 16.4. The Morgan fingerprint density at radius 1 is 1.14 bits per heavy atom. The van der Waals surface area contributed by atoms with E-state index in [2.05, 4.69) is 10.3 Å². The van der Waals surface area contributed by atoms with Crippen molar-refractivity contribution in [1.29, 1.82) is 0 Å². The quantitative estimate of drug-likeness (QED) is 0.600. The number of aromatic nitrogens is 1. The first-order chi connectivity index (χ1) is 14.0. The maximum Gasteiger partial charge on any atom is 0.322 e.